The van der Waals surface area contributed by atoms with Gasteiger partial charge in [-0.05, 0) is 31.0 Å². The maximum Gasteiger partial charge on any atom is 0.239 e. The van der Waals surface area contributed by atoms with Crippen molar-refractivity contribution in [3.63, 3.8) is 0 Å². The first kappa shape index (κ1) is 15.7. The number of halogens is 1. The Bertz CT molecular complexity index is 752. The van der Waals surface area contributed by atoms with E-state index in [1.54, 1.807) is 6.92 Å². The lowest BCUT2D eigenvalue weighted by Crippen LogP contribution is -2.30. The molecule has 6 heteroatoms. The number of fused-ring (bicyclic) bond motifs is 1. The van der Waals surface area contributed by atoms with Gasteiger partial charge in [-0.3, -0.25) is 9.78 Å². The van der Waals surface area contributed by atoms with E-state index in [0.717, 1.165) is 6.42 Å². The fourth-order valence-electron chi connectivity index (χ4n) is 2.21. The normalized spacial score (nSPS) is 10.3. The largest absolute Gasteiger partial charge is 0.374 e. The van der Waals surface area contributed by atoms with E-state index in [4.69, 9.17) is 0 Å². The molecule has 0 aliphatic rings. The molecule has 0 fully saturated rings. The molecule has 0 saturated heterocycles. The smallest absolute Gasteiger partial charge is 0.239 e. The number of nitriles is 1. The summed E-state index contributed by atoms with van der Waals surface area (Å²) in [5.41, 5.74) is 2.00. The average molecular weight is 300 g/mol. The predicted molar refractivity (Wildman–Crippen MR) is 82.9 cm³/mol. The highest BCUT2D eigenvalue weighted by molar-refractivity contribution is 5.96. The maximum atomic E-state index is 13.7. The summed E-state index contributed by atoms with van der Waals surface area (Å²) in [6.07, 6.45) is 2.28. The number of carbonyl (C=O) groups excluding carboxylic acids is 1. The van der Waals surface area contributed by atoms with Gasteiger partial charge in [0, 0.05) is 18.1 Å². The van der Waals surface area contributed by atoms with E-state index in [2.05, 4.69) is 15.6 Å². The highest BCUT2D eigenvalue weighted by atomic mass is 19.1. The zero-order valence-corrected chi connectivity index (χ0v) is 12.5. The number of pyridine rings is 1. The van der Waals surface area contributed by atoms with Crippen LogP contribution >= 0.6 is 0 Å². The zero-order valence-electron chi connectivity index (χ0n) is 12.5. The summed E-state index contributed by atoms with van der Waals surface area (Å²) in [4.78, 5) is 15.9. The third kappa shape index (κ3) is 3.31. The first-order chi connectivity index (χ1) is 10.6. The number of anilines is 1. The summed E-state index contributed by atoms with van der Waals surface area (Å²) in [6.45, 7) is 4.32. The molecular formula is C16H17FN4O. The van der Waals surface area contributed by atoms with Crippen LogP contribution in [0.2, 0.25) is 0 Å². The van der Waals surface area contributed by atoms with Gasteiger partial charge in [-0.1, -0.05) is 6.92 Å². The molecule has 0 radical (unpaired) electrons. The van der Waals surface area contributed by atoms with Crippen LogP contribution in [0.25, 0.3) is 10.9 Å². The molecule has 1 aromatic carbocycles. The molecule has 2 N–H and O–H groups in total. The number of rotatable bonds is 5. The highest BCUT2D eigenvalue weighted by Gasteiger charge is 2.12. The SMILES string of the molecule is CCCNC(=O)CNc1c(C#N)cnc2c(C)cc(F)cc12. The fraction of sp³-hybridized carbons (Fsp3) is 0.312. The van der Waals surface area contributed by atoms with Crippen molar-refractivity contribution in [2.75, 3.05) is 18.4 Å². The van der Waals surface area contributed by atoms with Crippen LogP contribution in [-0.2, 0) is 4.79 Å². The molecule has 0 bridgehead atoms. The van der Waals surface area contributed by atoms with Crippen molar-refractivity contribution in [1.29, 1.82) is 5.26 Å². The van der Waals surface area contributed by atoms with Gasteiger partial charge in [0.05, 0.1) is 23.3 Å². The second kappa shape index (κ2) is 6.85. The average Bonchev–Trinajstić information content (AvgIpc) is 2.50. The molecule has 2 rings (SSSR count). The van der Waals surface area contributed by atoms with Crippen molar-refractivity contribution >= 4 is 22.5 Å². The van der Waals surface area contributed by atoms with Crippen molar-refractivity contribution < 1.29 is 9.18 Å². The topological polar surface area (TPSA) is 77.8 Å². The Hall–Kier alpha value is -2.68. The lowest BCUT2D eigenvalue weighted by Gasteiger charge is -2.12. The fourth-order valence-corrected chi connectivity index (χ4v) is 2.21. The molecule has 0 spiro atoms. The molecule has 0 aliphatic heterocycles. The third-order valence-corrected chi connectivity index (χ3v) is 3.25. The van der Waals surface area contributed by atoms with E-state index in [9.17, 15) is 14.4 Å². The van der Waals surface area contributed by atoms with Crippen molar-refractivity contribution in [2.24, 2.45) is 0 Å². The highest BCUT2D eigenvalue weighted by Crippen LogP contribution is 2.28. The van der Waals surface area contributed by atoms with Gasteiger partial charge in [-0.15, -0.1) is 0 Å². The van der Waals surface area contributed by atoms with Crippen LogP contribution in [0.4, 0.5) is 10.1 Å². The van der Waals surface area contributed by atoms with E-state index in [1.807, 2.05) is 13.0 Å². The van der Waals surface area contributed by atoms with Crippen molar-refractivity contribution in [3.05, 3.63) is 35.3 Å². The molecule has 2 aromatic rings. The number of nitrogens with one attached hydrogen (secondary N) is 2. The summed E-state index contributed by atoms with van der Waals surface area (Å²) in [6, 6.07) is 4.72. The second-order valence-electron chi connectivity index (χ2n) is 4.98. The van der Waals surface area contributed by atoms with Gasteiger partial charge in [-0.2, -0.15) is 5.26 Å². The van der Waals surface area contributed by atoms with Gasteiger partial charge < -0.3 is 10.6 Å². The number of amides is 1. The Balaban J connectivity index is 2.38. The zero-order chi connectivity index (χ0) is 16.1. The summed E-state index contributed by atoms with van der Waals surface area (Å²) < 4.78 is 13.7. The molecule has 0 atom stereocenters. The number of hydrogen-bond acceptors (Lipinski definition) is 4. The van der Waals surface area contributed by atoms with Crippen molar-refractivity contribution in [1.82, 2.24) is 10.3 Å². The van der Waals surface area contributed by atoms with Gasteiger partial charge >= 0.3 is 0 Å². The molecule has 5 nitrogen and oxygen atoms in total. The lowest BCUT2D eigenvalue weighted by atomic mass is 10.1. The summed E-state index contributed by atoms with van der Waals surface area (Å²) in [5.74, 6) is -0.579. The lowest BCUT2D eigenvalue weighted by molar-refractivity contribution is -0.119. The van der Waals surface area contributed by atoms with Gasteiger partial charge in [-0.25, -0.2) is 4.39 Å². The first-order valence-electron chi connectivity index (χ1n) is 7.06. The Morgan fingerprint density at radius 2 is 2.23 bits per heavy atom. The van der Waals surface area contributed by atoms with Crippen LogP contribution in [0.15, 0.2) is 18.3 Å². The summed E-state index contributed by atoms with van der Waals surface area (Å²) in [7, 11) is 0. The summed E-state index contributed by atoms with van der Waals surface area (Å²) in [5, 5.41) is 15.4. The van der Waals surface area contributed by atoms with Crippen molar-refractivity contribution in [2.45, 2.75) is 20.3 Å². The van der Waals surface area contributed by atoms with E-state index in [0.29, 0.717) is 28.7 Å². The molecule has 22 heavy (non-hydrogen) atoms. The first-order valence-corrected chi connectivity index (χ1v) is 7.06. The van der Waals surface area contributed by atoms with Crippen LogP contribution in [0, 0.1) is 24.1 Å². The molecular weight excluding hydrogens is 283 g/mol. The minimum absolute atomic E-state index is 0.0172. The quantitative estimate of drug-likeness (QED) is 0.889. The van der Waals surface area contributed by atoms with Crippen LogP contribution in [-0.4, -0.2) is 24.0 Å². The third-order valence-electron chi connectivity index (χ3n) is 3.25. The molecule has 0 saturated carbocycles. The van der Waals surface area contributed by atoms with Gasteiger partial charge in [0.1, 0.15) is 11.9 Å². The predicted octanol–water partition coefficient (Wildman–Crippen LogP) is 2.49. The van der Waals surface area contributed by atoms with Crippen LogP contribution in [0.3, 0.4) is 0 Å². The van der Waals surface area contributed by atoms with E-state index < -0.39 is 5.82 Å². The minimum Gasteiger partial charge on any atom is -0.374 e. The number of aromatic nitrogens is 1. The van der Waals surface area contributed by atoms with Crippen LogP contribution in [0.1, 0.15) is 24.5 Å². The Kier molecular flexibility index (Phi) is 4.89. The van der Waals surface area contributed by atoms with Crippen LogP contribution in [0.5, 0.6) is 0 Å². The standard InChI is InChI=1S/C16H17FN4O/c1-3-4-19-14(22)9-21-16-11(7-18)8-20-15-10(2)5-12(17)6-13(15)16/h5-6,8H,3-4,9H2,1-2H3,(H,19,22)(H,20,21). The number of benzene rings is 1. The van der Waals surface area contributed by atoms with E-state index in [1.165, 1.54) is 18.3 Å². The summed E-state index contributed by atoms with van der Waals surface area (Å²) >= 11 is 0. The van der Waals surface area contributed by atoms with Gasteiger partial charge in [0.15, 0.2) is 0 Å². The van der Waals surface area contributed by atoms with Crippen LogP contribution < -0.4 is 10.6 Å². The molecule has 0 unspecified atom stereocenters. The van der Waals surface area contributed by atoms with Gasteiger partial charge in [0.2, 0.25) is 5.91 Å². The molecule has 1 aromatic heterocycles. The number of nitrogens with zero attached hydrogens (tertiary/aromatic N) is 2. The maximum absolute atomic E-state index is 13.7. The number of aryl methyl sites for hydroxylation is 1. The van der Waals surface area contributed by atoms with Crippen molar-refractivity contribution in [3.8, 4) is 6.07 Å². The second-order valence-corrected chi connectivity index (χ2v) is 4.98. The van der Waals surface area contributed by atoms with E-state index in [-0.39, 0.29) is 18.0 Å². The molecule has 1 heterocycles. The number of carbonyl (C=O) groups is 1. The molecule has 0 aliphatic carbocycles. The minimum atomic E-state index is -0.402. The number of hydrogen-bond donors (Lipinski definition) is 2. The molecule has 114 valence electrons. The monoisotopic (exact) mass is 300 g/mol. The Morgan fingerprint density at radius 3 is 2.91 bits per heavy atom. The Morgan fingerprint density at radius 1 is 1.45 bits per heavy atom. The molecule has 1 amide bonds. The van der Waals surface area contributed by atoms with E-state index >= 15 is 0 Å². The Labute approximate surface area is 128 Å². The van der Waals surface area contributed by atoms with Gasteiger partial charge in [0.25, 0.3) is 0 Å².